The monoisotopic (exact) mass is 292 g/mol. The number of halogens is 1. The van der Waals surface area contributed by atoms with Gasteiger partial charge in [-0.05, 0) is 18.2 Å². The maximum Gasteiger partial charge on any atom is 0.354 e. The third-order valence-electron chi connectivity index (χ3n) is 2.53. The Balaban J connectivity index is 2.22. The van der Waals surface area contributed by atoms with Gasteiger partial charge in [-0.15, -0.1) is 0 Å². The van der Waals surface area contributed by atoms with E-state index in [2.05, 4.69) is 4.98 Å². The minimum Gasteiger partial charge on any atom is -0.478 e. The van der Waals surface area contributed by atoms with Gasteiger partial charge in [-0.2, -0.15) is 0 Å². The highest BCUT2D eigenvalue weighted by molar-refractivity contribution is 5.85. The van der Waals surface area contributed by atoms with E-state index in [1.54, 1.807) is 0 Å². The Morgan fingerprint density at radius 2 is 2.05 bits per heavy atom. The number of aromatic carboxylic acids is 1. The molecule has 1 aromatic heterocycles. The predicted octanol–water partition coefficient (Wildman–Crippen LogP) is 2.41. The molecule has 7 nitrogen and oxygen atoms in total. The molecule has 0 unspecified atom stereocenters. The quantitative estimate of drug-likeness (QED) is 0.670. The number of carboxylic acids is 1. The van der Waals surface area contributed by atoms with E-state index in [0.29, 0.717) is 0 Å². The Labute approximate surface area is 117 Å². The van der Waals surface area contributed by atoms with Crippen molar-refractivity contribution in [2.45, 2.75) is 6.61 Å². The summed E-state index contributed by atoms with van der Waals surface area (Å²) in [7, 11) is 0. The number of nitro benzene ring substituents is 1. The molecule has 0 aliphatic heterocycles. The first-order valence-electron chi connectivity index (χ1n) is 5.74. The van der Waals surface area contributed by atoms with Crippen LogP contribution in [0.3, 0.4) is 0 Å². The largest absolute Gasteiger partial charge is 0.478 e. The van der Waals surface area contributed by atoms with Crippen LogP contribution in [-0.2, 0) is 6.61 Å². The van der Waals surface area contributed by atoms with Crippen molar-refractivity contribution in [3.63, 3.8) is 0 Å². The maximum atomic E-state index is 13.6. The van der Waals surface area contributed by atoms with Gasteiger partial charge in [-0.25, -0.2) is 14.2 Å². The second-order valence-corrected chi connectivity index (χ2v) is 3.95. The van der Waals surface area contributed by atoms with Crippen LogP contribution in [0.4, 0.5) is 10.1 Å². The van der Waals surface area contributed by atoms with Gasteiger partial charge in [-0.3, -0.25) is 10.1 Å². The van der Waals surface area contributed by atoms with Gasteiger partial charge in [0.1, 0.15) is 12.3 Å². The zero-order valence-corrected chi connectivity index (χ0v) is 10.5. The fourth-order valence-corrected chi connectivity index (χ4v) is 1.61. The van der Waals surface area contributed by atoms with E-state index < -0.39 is 28.1 Å². The maximum absolute atomic E-state index is 13.6. The first kappa shape index (κ1) is 14.4. The molecule has 0 saturated heterocycles. The van der Waals surface area contributed by atoms with Crippen molar-refractivity contribution in [2.24, 2.45) is 0 Å². The highest BCUT2D eigenvalue weighted by atomic mass is 19.1. The van der Waals surface area contributed by atoms with E-state index in [4.69, 9.17) is 9.84 Å². The lowest BCUT2D eigenvalue weighted by Gasteiger charge is -2.07. The number of nitrogens with zero attached hydrogens (tertiary/aromatic N) is 2. The minimum absolute atomic E-state index is 0.195. The van der Waals surface area contributed by atoms with Gasteiger partial charge < -0.3 is 9.84 Å². The summed E-state index contributed by atoms with van der Waals surface area (Å²) in [5.74, 6) is -2.60. The van der Waals surface area contributed by atoms with Crippen molar-refractivity contribution in [2.75, 3.05) is 0 Å². The van der Waals surface area contributed by atoms with Crippen LogP contribution in [-0.4, -0.2) is 21.0 Å². The summed E-state index contributed by atoms with van der Waals surface area (Å²) in [6.07, 6.45) is 0. The molecule has 0 radical (unpaired) electrons. The number of hydrogen-bond acceptors (Lipinski definition) is 5. The highest BCUT2D eigenvalue weighted by Crippen LogP contribution is 2.30. The predicted molar refractivity (Wildman–Crippen MR) is 68.6 cm³/mol. The van der Waals surface area contributed by atoms with Crippen molar-refractivity contribution >= 4 is 11.7 Å². The van der Waals surface area contributed by atoms with Gasteiger partial charge in [-0.1, -0.05) is 12.1 Å². The number of ether oxygens (including phenoxy) is 1. The first-order valence-corrected chi connectivity index (χ1v) is 5.74. The summed E-state index contributed by atoms with van der Waals surface area (Å²) in [5, 5.41) is 19.6. The number of rotatable bonds is 5. The van der Waals surface area contributed by atoms with E-state index in [1.807, 2.05) is 0 Å². The summed E-state index contributed by atoms with van der Waals surface area (Å²) < 4.78 is 18.7. The molecule has 21 heavy (non-hydrogen) atoms. The molecule has 1 N–H and O–H groups in total. The average Bonchev–Trinajstić information content (AvgIpc) is 2.46. The van der Waals surface area contributed by atoms with Gasteiger partial charge in [0.25, 0.3) is 0 Å². The first-order chi connectivity index (χ1) is 9.99. The van der Waals surface area contributed by atoms with Crippen LogP contribution >= 0.6 is 0 Å². The minimum atomic E-state index is -1.21. The van der Waals surface area contributed by atoms with E-state index in [1.165, 1.54) is 24.3 Å². The van der Waals surface area contributed by atoms with Crippen LogP contribution in [0.2, 0.25) is 0 Å². The number of benzene rings is 1. The van der Waals surface area contributed by atoms with Gasteiger partial charge in [0.05, 0.1) is 10.6 Å². The molecule has 0 fully saturated rings. The van der Waals surface area contributed by atoms with Crippen molar-refractivity contribution < 1.29 is 24.0 Å². The number of pyridine rings is 1. The number of nitro groups is 1. The molecule has 0 bridgehead atoms. The SMILES string of the molecule is O=C(O)c1cccc(COc2c(F)cccc2[N+](=O)[O-])n1. The second kappa shape index (κ2) is 5.95. The topological polar surface area (TPSA) is 103 Å². The van der Waals surface area contributed by atoms with Crippen LogP contribution in [0.25, 0.3) is 0 Å². The number of para-hydroxylation sites is 1. The highest BCUT2D eigenvalue weighted by Gasteiger charge is 2.19. The average molecular weight is 292 g/mol. The van der Waals surface area contributed by atoms with Crippen molar-refractivity contribution in [3.8, 4) is 5.75 Å². The van der Waals surface area contributed by atoms with Crippen LogP contribution in [0, 0.1) is 15.9 Å². The van der Waals surface area contributed by atoms with E-state index in [0.717, 1.165) is 12.1 Å². The number of carboxylic acid groups (broad SMARTS) is 1. The van der Waals surface area contributed by atoms with Gasteiger partial charge in [0.2, 0.25) is 5.75 Å². The van der Waals surface area contributed by atoms with Crippen molar-refractivity contribution in [3.05, 3.63) is 63.7 Å². The molecule has 0 aliphatic carbocycles. The number of carbonyl (C=O) groups is 1. The van der Waals surface area contributed by atoms with Crippen LogP contribution in [0.15, 0.2) is 36.4 Å². The van der Waals surface area contributed by atoms with Gasteiger partial charge >= 0.3 is 11.7 Å². The smallest absolute Gasteiger partial charge is 0.354 e. The Bertz CT molecular complexity index is 705. The number of hydrogen-bond donors (Lipinski definition) is 1. The van der Waals surface area contributed by atoms with E-state index in [9.17, 15) is 19.3 Å². The molecular formula is C13H9FN2O5. The lowest BCUT2D eigenvalue weighted by molar-refractivity contribution is -0.386. The fraction of sp³-hybridized carbons (Fsp3) is 0.0769. The molecule has 0 atom stereocenters. The number of aromatic nitrogens is 1. The molecular weight excluding hydrogens is 283 g/mol. The molecule has 0 amide bonds. The molecule has 2 rings (SSSR count). The molecule has 0 spiro atoms. The Kier molecular flexibility index (Phi) is 4.07. The Hall–Kier alpha value is -3.03. The van der Waals surface area contributed by atoms with Gasteiger partial charge in [0, 0.05) is 6.07 Å². The van der Waals surface area contributed by atoms with Crippen molar-refractivity contribution in [1.29, 1.82) is 0 Å². The summed E-state index contributed by atoms with van der Waals surface area (Å²) >= 11 is 0. The molecule has 1 heterocycles. The zero-order chi connectivity index (χ0) is 15.4. The van der Waals surface area contributed by atoms with Crippen LogP contribution in [0.1, 0.15) is 16.2 Å². The third kappa shape index (κ3) is 3.30. The van der Waals surface area contributed by atoms with Crippen LogP contribution in [0.5, 0.6) is 5.75 Å². The summed E-state index contributed by atoms with van der Waals surface area (Å²) in [6, 6.07) is 7.55. The Morgan fingerprint density at radius 3 is 2.71 bits per heavy atom. The van der Waals surface area contributed by atoms with Crippen molar-refractivity contribution in [1.82, 2.24) is 4.98 Å². The molecule has 0 saturated carbocycles. The molecule has 1 aromatic carbocycles. The van der Waals surface area contributed by atoms with Crippen LogP contribution < -0.4 is 4.74 Å². The van der Waals surface area contributed by atoms with E-state index >= 15 is 0 Å². The summed E-state index contributed by atoms with van der Waals surface area (Å²) in [4.78, 5) is 24.6. The summed E-state index contributed by atoms with van der Waals surface area (Å²) in [6.45, 7) is -0.289. The lowest BCUT2D eigenvalue weighted by Crippen LogP contribution is -2.06. The molecule has 2 aromatic rings. The third-order valence-corrected chi connectivity index (χ3v) is 2.53. The second-order valence-electron chi connectivity index (χ2n) is 3.95. The normalized spacial score (nSPS) is 10.1. The van der Waals surface area contributed by atoms with Gasteiger partial charge in [0.15, 0.2) is 5.82 Å². The molecule has 108 valence electrons. The zero-order valence-electron chi connectivity index (χ0n) is 10.5. The molecule has 8 heteroatoms. The lowest BCUT2D eigenvalue weighted by atomic mass is 10.3. The molecule has 0 aliphatic rings. The standard InChI is InChI=1S/C13H9FN2O5/c14-9-4-2-6-11(16(19)20)12(9)21-7-8-3-1-5-10(15-8)13(17)18/h1-6H,7H2,(H,17,18). The van der Waals surface area contributed by atoms with E-state index in [-0.39, 0.29) is 18.0 Å². The Morgan fingerprint density at radius 1 is 1.33 bits per heavy atom. The fourth-order valence-electron chi connectivity index (χ4n) is 1.61. The summed E-state index contributed by atoms with van der Waals surface area (Å²) in [5.41, 5.74) is -0.490.